The standard InChI is InChI=1S/C20H25NO3S2/c1-15(2)26(23,24)19-5-3-16(4-6-19)13-20(22)21-10-7-17(8-11-21)18-9-12-25-14-18/h3-6,9,12,14-15,17H,7-8,10-11,13H2,1-2H3. The lowest BCUT2D eigenvalue weighted by atomic mass is 9.91. The highest BCUT2D eigenvalue weighted by molar-refractivity contribution is 7.92. The zero-order valence-electron chi connectivity index (χ0n) is 15.2. The van der Waals surface area contributed by atoms with E-state index in [4.69, 9.17) is 0 Å². The molecule has 1 amide bonds. The Balaban J connectivity index is 1.57. The van der Waals surface area contributed by atoms with Crippen LogP contribution in [0.15, 0.2) is 46.0 Å². The van der Waals surface area contributed by atoms with E-state index in [0.717, 1.165) is 31.5 Å². The van der Waals surface area contributed by atoms with Crippen LogP contribution in [0.25, 0.3) is 0 Å². The number of carbonyl (C=O) groups excluding carboxylic acids is 1. The van der Waals surface area contributed by atoms with Crippen LogP contribution in [0.2, 0.25) is 0 Å². The molecule has 6 heteroatoms. The Morgan fingerprint density at radius 3 is 2.35 bits per heavy atom. The van der Waals surface area contributed by atoms with E-state index >= 15 is 0 Å². The highest BCUT2D eigenvalue weighted by Gasteiger charge is 2.24. The van der Waals surface area contributed by atoms with E-state index < -0.39 is 15.1 Å². The largest absolute Gasteiger partial charge is 0.342 e. The summed E-state index contributed by atoms with van der Waals surface area (Å²) in [5, 5.41) is 3.87. The highest BCUT2D eigenvalue weighted by atomic mass is 32.2. The molecule has 0 unspecified atom stereocenters. The second-order valence-electron chi connectivity index (χ2n) is 7.13. The van der Waals surface area contributed by atoms with Crippen molar-refractivity contribution < 1.29 is 13.2 Å². The third-order valence-corrected chi connectivity index (χ3v) is 7.96. The van der Waals surface area contributed by atoms with Crippen LogP contribution < -0.4 is 0 Å². The Kier molecular flexibility index (Phi) is 5.82. The topological polar surface area (TPSA) is 54.5 Å². The number of rotatable bonds is 5. The molecular weight excluding hydrogens is 366 g/mol. The van der Waals surface area contributed by atoms with Crippen LogP contribution in [0.4, 0.5) is 0 Å². The molecule has 0 spiro atoms. The number of likely N-dealkylation sites (tertiary alicyclic amines) is 1. The van der Waals surface area contributed by atoms with Crippen molar-refractivity contribution >= 4 is 27.1 Å². The molecule has 26 heavy (non-hydrogen) atoms. The van der Waals surface area contributed by atoms with Crippen molar-refractivity contribution in [2.75, 3.05) is 13.1 Å². The Labute approximate surface area is 159 Å². The maximum absolute atomic E-state index is 12.6. The molecule has 4 nitrogen and oxygen atoms in total. The molecule has 2 heterocycles. The molecule has 140 valence electrons. The molecule has 3 rings (SSSR count). The molecule has 1 aromatic heterocycles. The number of thiophene rings is 1. The Morgan fingerprint density at radius 2 is 1.81 bits per heavy atom. The first-order valence-electron chi connectivity index (χ1n) is 9.00. The normalized spacial score (nSPS) is 16.2. The molecule has 1 fully saturated rings. The summed E-state index contributed by atoms with van der Waals surface area (Å²) in [7, 11) is -3.26. The number of hydrogen-bond acceptors (Lipinski definition) is 4. The van der Waals surface area contributed by atoms with Gasteiger partial charge in [-0.05, 0) is 72.7 Å². The van der Waals surface area contributed by atoms with Gasteiger partial charge in [0.2, 0.25) is 5.91 Å². The number of sulfone groups is 1. The van der Waals surface area contributed by atoms with E-state index in [-0.39, 0.29) is 5.91 Å². The first-order valence-corrected chi connectivity index (χ1v) is 11.5. The lowest BCUT2D eigenvalue weighted by Crippen LogP contribution is -2.38. The maximum Gasteiger partial charge on any atom is 0.226 e. The van der Waals surface area contributed by atoms with Crippen molar-refractivity contribution in [1.29, 1.82) is 0 Å². The third-order valence-electron chi connectivity index (χ3n) is 5.09. The maximum atomic E-state index is 12.6. The molecule has 2 aromatic rings. The fraction of sp³-hybridized carbons (Fsp3) is 0.450. The Hall–Kier alpha value is -1.66. The van der Waals surface area contributed by atoms with Crippen LogP contribution in [-0.2, 0) is 21.1 Å². The van der Waals surface area contributed by atoms with Crippen LogP contribution >= 0.6 is 11.3 Å². The average Bonchev–Trinajstić information content (AvgIpc) is 3.17. The Bertz CT molecular complexity index is 832. The zero-order valence-corrected chi connectivity index (χ0v) is 16.9. The van der Waals surface area contributed by atoms with E-state index in [1.807, 2.05) is 4.90 Å². The monoisotopic (exact) mass is 391 g/mol. The van der Waals surface area contributed by atoms with E-state index in [0.29, 0.717) is 17.2 Å². The lowest BCUT2D eigenvalue weighted by molar-refractivity contribution is -0.131. The van der Waals surface area contributed by atoms with Gasteiger partial charge in [0.1, 0.15) is 0 Å². The fourth-order valence-electron chi connectivity index (χ4n) is 3.33. The minimum Gasteiger partial charge on any atom is -0.342 e. The van der Waals surface area contributed by atoms with Crippen LogP contribution in [0.5, 0.6) is 0 Å². The SMILES string of the molecule is CC(C)S(=O)(=O)c1ccc(CC(=O)N2CCC(c3ccsc3)CC2)cc1. The van der Waals surface area contributed by atoms with Gasteiger partial charge in [-0.3, -0.25) is 4.79 Å². The molecule has 0 saturated carbocycles. The smallest absolute Gasteiger partial charge is 0.226 e. The van der Waals surface area contributed by atoms with Gasteiger partial charge in [-0.2, -0.15) is 11.3 Å². The van der Waals surface area contributed by atoms with E-state index in [1.54, 1.807) is 49.4 Å². The molecule has 0 radical (unpaired) electrons. The summed E-state index contributed by atoms with van der Waals surface area (Å²) < 4.78 is 24.3. The van der Waals surface area contributed by atoms with Crippen LogP contribution in [0.3, 0.4) is 0 Å². The fourth-order valence-corrected chi connectivity index (χ4v) is 5.13. The van der Waals surface area contributed by atoms with Gasteiger partial charge >= 0.3 is 0 Å². The zero-order chi connectivity index (χ0) is 18.7. The minimum absolute atomic E-state index is 0.119. The summed E-state index contributed by atoms with van der Waals surface area (Å²) in [5.41, 5.74) is 2.25. The minimum atomic E-state index is -3.26. The van der Waals surface area contributed by atoms with Gasteiger partial charge in [0.25, 0.3) is 0 Å². The van der Waals surface area contributed by atoms with Gasteiger partial charge in [0, 0.05) is 13.1 Å². The summed E-state index contributed by atoms with van der Waals surface area (Å²) in [4.78, 5) is 14.8. The van der Waals surface area contributed by atoms with E-state index in [9.17, 15) is 13.2 Å². The molecule has 0 N–H and O–H groups in total. The Morgan fingerprint density at radius 1 is 1.15 bits per heavy atom. The third kappa shape index (κ3) is 4.18. The molecule has 1 aliphatic heterocycles. The van der Waals surface area contributed by atoms with Crippen LogP contribution in [-0.4, -0.2) is 37.6 Å². The van der Waals surface area contributed by atoms with E-state index in [1.165, 1.54) is 5.56 Å². The number of nitrogens with zero attached hydrogens (tertiary/aromatic N) is 1. The van der Waals surface area contributed by atoms with E-state index in [2.05, 4.69) is 16.8 Å². The summed E-state index contributed by atoms with van der Waals surface area (Å²) >= 11 is 1.72. The number of hydrogen-bond donors (Lipinski definition) is 0. The summed E-state index contributed by atoms with van der Waals surface area (Å²) in [5.74, 6) is 0.680. The van der Waals surface area contributed by atoms with Crippen molar-refractivity contribution in [2.45, 2.75) is 49.2 Å². The number of amides is 1. The molecule has 0 bridgehead atoms. The van der Waals surface area contributed by atoms with Gasteiger partial charge < -0.3 is 4.90 Å². The van der Waals surface area contributed by atoms with Crippen molar-refractivity contribution in [3.63, 3.8) is 0 Å². The van der Waals surface area contributed by atoms with Gasteiger partial charge in [0.05, 0.1) is 16.6 Å². The van der Waals surface area contributed by atoms with Crippen LogP contribution in [0.1, 0.15) is 43.7 Å². The highest BCUT2D eigenvalue weighted by Crippen LogP contribution is 2.29. The number of piperidine rings is 1. The predicted molar refractivity (Wildman–Crippen MR) is 105 cm³/mol. The molecule has 1 aromatic carbocycles. The molecule has 1 aliphatic rings. The second-order valence-corrected chi connectivity index (χ2v) is 10.4. The summed E-state index contributed by atoms with van der Waals surface area (Å²) in [6.07, 6.45) is 2.34. The van der Waals surface area contributed by atoms with Gasteiger partial charge in [-0.15, -0.1) is 0 Å². The van der Waals surface area contributed by atoms with Crippen molar-refractivity contribution in [1.82, 2.24) is 4.90 Å². The van der Waals surface area contributed by atoms with Crippen molar-refractivity contribution in [2.24, 2.45) is 0 Å². The van der Waals surface area contributed by atoms with Gasteiger partial charge in [0.15, 0.2) is 9.84 Å². The lowest BCUT2D eigenvalue weighted by Gasteiger charge is -2.32. The number of benzene rings is 1. The molecule has 0 aliphatic carbocycles. The first-order chi connectivity index (χ1) is 12.4. The quantitative estimate of drug-likeness (QED) is 0.777. The van der Waals surface area contributed by atoms with Crippen LogP contribution in [0, 0.1) is 0 Å². The van der Waals surface area contributed by atoms with Gasteiger partial charge in [-0.1, -0.05) is 12.1 Å². The molecular formula is C20H25NO3S2. The average molecular weight is 392 g/mol. The molecule has 1 saturated heterocycles. The van der Waals surface area contributed by atoms with Crippen molar-refractivity contribution in [3.8, 4) is 0 Å². The molecule has 0 atom stereocenters. The summed E-state index contributed by atoms with van der Waals surface area (Å²) in [6.45, 7) is 4.93. The predicted octanol–water partition coefficient (Wildman–Crippen LogP) is 3.88. The van der Waals surface area contributed by atoms with Crippen molar-refractivity contribution in [3.05, 3.63) is 52.2 Å². The second kappa shape index (κ2) is 7.92. The van der Waals surface area contributed by atoms with Gasteiger partial charge in [-0.25, -0.2) is 8.42 Å². The summed E-state index contributed by atoms with van der Waals surface area (Å²) in [6, 6.07) is 8.91. The first kappa shape index (κ1) is 19.1. The number of carbonyl (C=O) groups is 1.